The minimum Gasteiger partial charge on any atom is -0.338 e. The number of hydrogen-bond donors (Lipinski definition) is 2. The zero-order valence-electron chi connectivity index (χ0n) is 21.3. The van der Waals surface area contributed by atoms with Crippen LogP contribution in [0, 0.1) is 6.92 Å². The highest BCUT2D eigenvalue weighted by Crippen LogP contribution is 2.28. The molecule has 0 unspecified atom stereocenters. The molecule has 188 valence electrons. The number of fused-ring (bicyclic) bond motifs is 1. The van der Waals surface area contributed by atoms with E-state index in [0.717, 1.165) is 11.3 Å². The molecule has 37 heavy (non-hydrogen) atoms. The molecule has 1 aromatic carbocycles. The Hall–Kier alpha value is -4.79. The number of nitrogens with one attached hydrogen (secondary N) is 2. The van der Waals surface area contributed by atoms with Gasteiger partial charge in [-0.3, -0.25) is 9.59 Å². The predicted octanol–water partition coefficient (Wildman–Crippen LogP) is 5.14. The second-order valence-corrected chi connectivity index (χ2v) is 8.40. The lowest BCUT2D eigenvalue weighted by Crippen LogP contribution is -2.18. The molecule has 4 aromatic rings. The zero-order chi connectivity index (χ0) is 26.5. The van der Waals surface area contributed by atoms with Gasteiger partial charge in [0.2, 0.25) is 0 Å². The third kappa shape index (κ3) is 5.40. The molecule has 9 heteroatoms. The Labute approximate surface area is 215 Å². The lowest BCUT2D eigenvalue weighted by atomic mass is 10.1. The molecule has 0 saturated carbocycles. The van der Waals surface area contributed by atoms with Gasteiger partial charge in [-0.15, -0.1) is 0 Å². The number of allylic oxidation sites excluding steroid dienone is 5. The van der Waals surface area contributed by atoms with E-state index in [0.29, 0.717) is 40.5 Å². The average molecular weight is 496 g/mol. The number of hydrogen-bond acceptors (Lipinski definition) is 5. The first-order valence-corrected chi connectivity index (χ1v) is 11.9. The topological polar surface area (TPSA) is 107 Å². The Bertz CT molecular complexity index is 1560. The van der Waals surface area contributed by atoms with E-state index < -0.39 is 5.91 Å². The first-order valence-electron chi connectivity index (χ1n) is 11.9. The molecule has 0 radical (unpaired) electrons. The number of aryl methyl sites for hydroxylation is 3. The van der Waals surface area contributed by atoms with Crippen molar-refractivity contribution in [1.29, 1.82) is 0 Å². The standard InChI is InChI=1S/C28H29N7O2/c1-6-10-19(11-7-2)23-15-22-26(35(23)8-3)25(31-18(4)30-22)28(37)32-21-13-9-12-20(14-21)27(36)33-24-16-34(5)17-29-24/h6-7,9-17H,1,8H2,2-5H3,(H,32,37)(H,33,36)/b11-7-,19-10+. The third-order valence-electron chi connectivity index (χ3n) is 5.66. The van der Waals surface area contributed by atoms with Crippen LogP contribution in [-0.4, -0.2) is 35.9 Å². The Morgan fingerprint density at radius 1 is 1.14 bits per heavy atom. The van der Waals surface area contributed by atoms with Gasteiger partial charge in [-0.05, 0) is 50.6 Å². The molecule has 0 atom stereocenters. The van der Waals surface area contributed by atoms with E-state index in [2.05, 4.69) is 32.2 Å². The molecule has 3 heterocycles. The summed E-state index contributed by atoms with van der Waals surface area (Å²) in [7, 11) is 1.82. The predicted molar refractivity (Wildman–Crippen MR) is 146 cm³/mol. The van der Waals surface area contributed by atoms with Crippen molar-refractivity contribution in [3.8, 4) is 0 Å². The number of amides is 2. The van der Waals surface area contributed by atoms with E-state index >= 15 is 0 Å². The highest BCUT2D eigenvalue weighted by atomic mass is 16.2. The van der Waals surface area contributed by atoms with Crippen LogP contribution in [0.1, 0.15) is 46.2 Å². The third-order valence-corrected chi connectivity index (χ3v) is 5.66. The molecule has 0 saturated heterocycles. The number of benzene rings is 1. The summed E-state index contributed by atoms with van der Waals surface area (Å²) in [6, 6.07) is 8.68. The van der Waals surface area contributed by atoms with Gasteiger partial charge in [0.05, 0.1) is 23.1 Å². The maximum Gasteiger partial charge on any atom is 0.276 e. The molecule has 0 fully saturated rings. The highest BCUT2D eigenvalue weighted by molar-refractivity contribution is 6.11. The molecule has 2 amide bonds. The quantitative estimate of drug-likeness (QED) is 0.329. The summed E-state index contributed by atoms with van der Waals surface area (Å²) in [6.45, 7) is 10.2. The molecule has 0 aliphatic carbocycles. The molecular weight excluding hydrogens is 466 g/mol. The largest absolute Gasteiger partial charge is 0.338 e. The molecule has 4 rings (SSSR count). The SMILES string of the molecule is C=C/C=C(\C=C/C)c1cc2nc(C)nc(C(=O)Nc3cccc(C(=O)Nc4cn(C)cn4)c3)c2n1CC. The van der Waals surface area contributed by atoms with Gasteiger partial charge in [-0.1, -0.05) is 36.9 Å². The van der Waals surface area contributed by atoms with Crippen molar-refractivity contribution in [1.82, 2.24) is 24.1 Å². The van der Waals surface area contributed by atoms with Gasteiger partial charge >= 0.3 is 0 Å². The van der Waals surface area contributed by atoms with Gasteiger partial charge in [0, 0.05) is 31.0 Å². The van der Waals surface area contributed by atoms with Gasteiger partial charge in [0.25, 0.3) is 11.8 Å². The van der Waals surface area contributed by atoms with Crippen molar-refractivity contribution in [2.45, 2.75) is 27.3 Å². The van der Waals surface area contributed by atoms with Gasteiger partial charge < -0.3 is 19.8 Å². The fourth-order valence-corrected chi connectivity index (χ4v) is 4.14. The van der Waals surface area contributed by atoms with Crippen molar-refractivity contribution >= 4 is 39.9 Å². The summed E-state index contributed by atoms with van der Waals surface area (Å²) in [5, 5.41) is 5.64. The number of nitrogens with zero attached hydrogens (tertiary/aromatic N) is 5. The Morgan fingerprint density at radius 2 is 1.95 bits per heavy atom. The van der Waals surface area contributed by atoms with E-state index in [1.807, 2.05) is 49.8 Å². The van der Waals surface area contributed by atoms with Crippen LogP contribution in [-0.2, 0) is 13.6 Å². The highest BCUT2D eigenvalue weighted by Gasteiger charge is 2.21. The molecular formula is C28H29N7O2. The van der Waals surface area contributed by atoms with Crippen molar-refractivity contribution < 1.29 is 9.59 Å². The minimum absolute atomic E-state index is 0.261. The smallest absolute Gasteiger partial charge is 0.276 e. The van der Waals surface area contributed by atoms with Crippen LogP contribution in [0.15, 0.2) is 73.7 Å². The van der Waals surface area contributed by atoms with Crippen LogP contribution < -0.4 is 10.6 Å². The lowest BCUT2D eigenvalue weighted by Gasteiger charge is -2.12. The van der Waals surface area contributed by atoms with Crippen molar-refractivity contribution in [3.63, 3.8) is 0 Å². The first-order chi connectivity index (χ1) is 17.8. The average Bonchev–Trinajstić information content (AvgIpc) is 3.45. The molecule has 2 N–H and O–H groups in total. The summed E-state index contributed by atoms with van der Waals surface area (Å²) >= 11 is 0. The zero-order valence-corrected chi connectivity index (χ0v) is 21.3. The Balaban J connectivity index is 1.69. The van der Waals surface area contributed by atoms with Crippen molar-refractivity contribution in [2.24, 2.45) is 7.05 Å². The van der Waals surface area contributed by atoms with Crippen LogP contribution in [0.5, 0.6) is 0 Å². The second kappa shape index (κ2) is 10.9. The molecule has 3 aromatic heterocycles. The number of carbonyl (C=O) groups is 2. The number of aromatic nitrogens is 5. The molecule has 0 spiro atoms. The van der Waals surface area contributed by atoms with E-state index in [1.165, 1.54) is 0 Å². The fourth-order valence-electron chi connectivity index (χ4n) is 4.14. The van der Waals surface area contributed by atoms with Crippen LogP contribution in [0.3, 0.4) is 0 Å². The summed E-state index contributed by atoms with van der Waals surface area (Å²) in [5.41, 5.74) is 4.31. The Kier molecular flexibility index (Phi) is 7.43. The number of imidazole rings is 1. The van der Waals surface area contributed by atoms with Crippen LogP contribution >= 0.6 is 0 Å². The van der Waals surface area contributed by atoms with Crippen molar-refractivity contribution in [3.05, 3.63) is 96.5 Å². The summed E-state index contributed by atoms with van der Waals surface area (Å²) in [5.74, 6) is 0.212. The first kappa shape index (κ1) is 25.3. The van der Waals surface area contributed by atoms with Crippen molar-refractivity contribution in [2.75, 3.05) is 10.6 Å². The summed E-state index contributed by atoms with van der Waals surface area (Å²) < 4.78 is 3.76. The van der Waals surface area contributed by atoms with E-state index in [1.54, 1.807) is 54.4 Å². The molecule has 0 bridgehead atoms. The van der Waals surface area contributed by atoms with Gasteiger partial charge in [0.15, 0.2) is 11.5 Å². The normalized spacial score (nSPS) is 11.7. The fraction of sp³-hybridized carbons (Fsp3) is 0.179. The monoisotopic (exact) mass is 495 g/mol. The van der Waals surface area contributed by atoms with E-state index in [4.69, 9.17) is 0 Å². The summed E-state index contributed by atoms with van der Waals surface area (Å²) in [6.07, 6.45) is 10.9. The van der Waals surface area contributed by atoms with E-state index in [-0.39, 0.29) is 11.6 Å². The second-order valence-electron chi connectivity index (χ2n) is 8.40. The van der Waals surface area contributed by atoms with Crippen LogP contribution in [0.2, 0.25) is 0 Å². The van der Waals surface area contributed by atoms with Gasteiger partial charge in [-0.25, -0.2) is 15.0 Å². The summed E-state index contributed by atoms with van der Waals surface area (Å²) in [4.78, 5) is 39.4. The van der Waals surface area contributed by atoms with Gasteiger partial charge in [0.1, 0.15) is 5.82 Å². The molecule has 0 aliphatic heterocycles. The maximum atomic E-state index is 13.5. The molecule has 0 aliphatic rings. The van der Waals surface area contributed by atoms with E-state index in [9.17, 15) is 9.59 Å². The van der Waals surface area contributed by atoms with Gasteiger partial charge in [-0.2, -0.15) is 0 Å². The number of anilines is 2. The lowest BCUT2D eigenvalue weighted by molar-refractivity contribution is 0.101. The van der Waals surface area contributed by atoms with Crippen LogP contribution in [0.4, 0.5) is 11.5 Å². The Morgan fingerprint density at radius 3 is 2.62 bits per heavy atom. The van der Waals surface area contributed by atoms with Crippen LogP contribution in [0.25, 0.3) is 16.6 Å². The maximum absolute atomic E-state index is 13.5. The molecule has 9 nitrogen and oxygen atoms in total. The number of rotatable bonds is 8. The minimum atomic E-state index is -0.391. The number of carbonyl (C=O) groups excluding carboxylic acids is 2.